The minimum Gasteiger partial charge on any atom is -0.560 e. The summed E-state index contributed by atoms with van der Waals surface area (Å²) in [5.74, 6) is -1.57. The van der Waals surface area contributed by atoms with Crippen LogP contribution < -0.4 is 9.47 Å². The second kappa shape index (κ2) is 4.41. The fourth-order valence-electron chi connectivity index (χ4n) is 0.995. The maximum Gasteiger partial charge on any atom is 0.571 e. The number of carbonyl (C=O) groups excluding carboxylic acids is 2. The van der Waals surface area contributed by atoms with E-state index in [-0.39, 0.29) is 17.2 Å². The van der Waals surface area contributed by atoms with Gasteiger partial charge >= 0.3 is 11.9 Å². The Kier molecular flexibility index (Phi) is 3.22. The number of esters is 1. The van der Waals surface area contributed by atoms with Crippen LogP contribution in [0.15, 0.2) is 12.3 Å². The Hall–Kier alpha value is -2.11. The third-order valence-corrected chi connectivity index (χ3v) is 1.55. The Morgan fingerprint density at radius 2 is 2.13 bits per heavy atom. The molecule has 0 bridgehead atoms. The van der Waals surface area contributed by atoms with E-state index in [9.17, 15) is 9.59 Å². The highest BCUT2D eigenvalue weighted by Crippen LogP contribution is 2.29. The van der Waals surface area contributed by atoms with E-state index in [1.807, 2.05) is 0 Å². The summed E-state index contributed by atoms with van der Waals surface area (Å²) in [7, 11) is 1.36. The first-order valence-electron chi connectivity index (χ1n) is 4.03. The first-order chi connectivity index (χ1) is 7.06. The van der Waals surface area contributed by atoms with E-state index in [0.717, 1.165) is 0 Å². The van der Waals surface area contributed by atoms with Gasteiger partial charge in [-0.1, -0.05) is 0 Å². The lowest BCUT2D eigenvalue weighted by molar-refractivity contribution is -0.132. The van der Waals surface area contributed by atoms with E-state index in [1.54, 1.807) is 0 Å². The van der Waals surface area contributed by atoms with Gasteiger partial charge in [0.2, 0.25) is 5.75 Å². The minimum atomic E-state index is -1.04. The maximum atomic E-state index is 10.9. The van der Waals surface area contributed by atoms with Gasteiger partial charge in [-0.15, -0.1) is 0 Å². The first-order valence-corrected chi connectivity index (χ1v) is 4.03. The normalized spacial score (nSPS) is 9.47. The molecule has 0 radical (unpaired) electrons. The molecule has 2 N–H and O–H groups in total. The third-order valence-electron chi connectivity index (χ3n) is 1.55. The van der Waals surface area contributed by atoms with Crippen LogP contribution in [-0.4, -0.2) is 29.1 Å². The minimum absolute atomic E-state index is 0.118. The number of rotatable bonds is 3. The molecule has 0 saturated heterocycles. The van der Waals surface area contributed by atoms with Crippen molar-refractivity contribution in [3.05, 3.63) is 18.0 Å². The standard InChI is InChI=1S/C9H9NO5/c1-5(11)15-8-6(14-2)3-4-10-7(8)9(12)13/h3-4H,1-2H3,(H,12,13)/p+1. The largest absolute Gasteiger partial charge is 0.571 e. The number of pyridine rings is 1. The quantitative estimate of drug-likeness (QED) is 0.514. The molecule has 0 atom stereocenters. The molecule has 0 fully saturated rings. The molecule has 0 saturated carbocycles. The Morgan fingerprint density at radius 1 is 1.47 bits per heavy atom. The van der Waals surface area contributed by atoms with E-state index in [2.05, 4.69) is 4.98 Å². The van der Waals surface area contributed by atoms with Crippen LogP contribution in [0.1, 0.15) is 17.4 Å². The van der Waals surface area contributed by atoms with Crippen molar-refractivity contribution >= 4 is 11.9 Å². The van der Waals surface area contributed by atoms with Crippen LogP contribution >= 0.6 is 0 Å². The van der Waals surface area contributed by atoms with Crippen LogP contribution in [0.5, 0.6) is 11.5 Å². The van der Waals surface area contributed by atoms with Crippen molar-refractivity contribution in [3.63, 3.8) is 0 Å². The van der Waals surface area contributed by atoms with Gasteiger partial charge in [0.15, 0.2) is 5.75 Å². The van der Waals surface area contributed by atoms with Crippen LogP contribution in [0, 0.1) is 0 Å². The topological polar surface area (TPSA) is 88.4 Å². The lowest BCUT2D eigenvalue weighted by Crippen LogP contribution is -2.10. The zero-order chi connectivity index (χ0) is 11.4. The number of nitrogens with zero attached hydrogens (tertiary/aromatic N) is 1. The highest BCUT2D eigenvalue weighted by molar-refractivity contribution is 5.90. The lowest BCUT2D eigenvalue weighted by atomic mass is 10.3. The van der Waals surface area contributed by atoms with Crippen LogP contribution in [0.2, 0.25) is 0 Å². The summed E-state index contributed by atoms with van der Waals surface area (Å²) in [6.45, 7) is 1.19. The van der Waals surface area contributed by atoms with Gasteiger partial charge in [-0.25, -0.2) is 4.98 Å². The molecule has 1 aromatic rings. The summed E-state index contributed by atoms with van der Waals surface area (Å²) in [5, 5.41) is 6.93. The lowest BCUT2D eigenvalue weighted by Gasteiger charge is -2.07. The average molecular weight is 212 g/mol. The molecule has 1 heterocycles. The van der Waals surface area contributed by atoms with E-state index in [1.165, 1.54) is 26.3 Å². The molecule has 0 spiro atoms. The van der Waals surface area contributed by atoms with E-state index in [0.29, 0.717) is 0 Å². The highest BCUT2D eigenvalue weighted by atomic mass is 16.6. The second-order valence-electron chi connectivity index (χ2n) is 2.61. The second-order valence-corrected chi connectivity index (χ2v) is 2.61. The molecule has 80 valence electrons. The Bertz CT molecular complexity index is 401. The van der Waals surface area contributed by atoms with Gasteiger partial charge in [-0.2, -0.15) is 0 Å². The van der Waals surface area contributed by atoms with Gasteiger partial charge in [0, 0.05) is 19.2 Å². The summed E-state index contributed by atoms with van der Waals surface area (Å²) < 4.78 is 9.65. The SMILES string of the molecule is COc1ccnc(C(=O)[OH2+])c1OC(C)=O. The molecular weight excluding hydrogens is 202 g/mol. The summed E-state index contributed by atoms with van der Waals surface area (Å²) in [4.78, 5) is 25.3. The zero-order valence-electron chi connectivity index (χ0n) is 8.23. The van der Waals surface area contributed by atoms with Gasteiger partial charge in [0.25, 0.3) is 5.69 Å². The number of methoxy groups -OCH3 is 1. The van der Waals surface area contributed by atoms with Gasteiger partial charge in [0.05, 0.1) is 11.9 Å². The Balaban J connectivity index is 3.26. The fourth-order valence-corrected chi connectivity index (χ4v) is 0.995. The molecule has 1 aromatic heterocycles. The number of hydrogen-bond acceptors (Lipinski definition) is 5. The predicted octanol–water partition coefficient (Wildman–Crippen LogP) is -0.120. The molecule has 0 aliphatic heterocycles. The van der Waals surface area contributed by atoms with Gasteiger partial charge < -0.3 is 14.6 Å². The Labute approximate surface area is 85.5 Å². The number of aromatic nitrogens is 1. The third kappa shape index (κ3) is 2.43. The molecule has 15 heavy (non-hydrogen) atoms. The van der Waals surface area contributed by atoms with Crippen molar-refractivity contribution in [1.29, 1.82) is 0 Å². The van der Waals surface area contributed by atoms with E-state index >= 15 is 0 Å². The smallest absolute Gasteiger partial charge is 0.560 e. The summed E-state index contributed by atoms with van der Waals surface area (Å²) >= 11 is 0. The van der Waals surface area contributed by atoms with E-state index < -0.39 is 11.9 Å². The predicted molar refractivity (Wildman–Crippen MR) is 50.0 cm³/mol. The first kappa shape index (κ1) is 11.0. The molecule has 6 nitrogen and oxygen atoms in total. The van der Waals surface area contributed by atoms with Crippen molar-refractivity contribution in [1.82, 2.24) is 4.98 Å². The molecule has 0 aliphatic rings. The number of ether oxygens (including phenoxy) is 2. The van der Waals surface area contributed by atoms with Crippen LogP contribution in [-0.2, 0) is 4.79 Å². The van der Waals surface area contributed by atoms with Crippen molar-refractivity contribution in [2.45, 2.75) is 6.92 Å². The molecule has 0 amide bonds. The van der Waals surface area contributed by atoms with Gasteiger partial charge in [0.1, 0.15) is 0 Å². The number of hydrogen-bond donors (Lipinski definition) is 0. The van der Waals surface area contributed by atoms with Crippen molar-refractivity contribution in [2.24, 2.45) is 0 Å². The molecule has 0 aliphatic carbocycles. The van der Waals surface area contributed by atoms with Crippen molar-refractivity contribution in [3.8, 4) is 11.5 Å². The molecule has 0 unspecified atom stereocenters. The van der Waals surface area contributed by atoms with Crippen LogP contribution in [0.3, 0.4) is 0 Å². The molecule has 6 heteroatoms. The molecule has 1 rings (SSSR count). The average Bonchev–Trinajstić information content (AvgIpc) is 2.16. The fraction of sp³-hybridized carbons (Fsp3) is 0.222. The van der Waals surface area contributed by atoms with Crippen molar-refractivity contribution < 1.29 is 24.2 Å². The van der Waals surface area contributed by atoms with Crippen LogP contribution in [0.4, 0.5) is 0 Å². The summed E-state index contributed by atoms with van der Waals surface area (Å²) in [6.07, 6.45) is 1.30. The monoisotopic (exact) mass is 212 g/mol. The molecule has 0 aromatic carbocycles. The highest BCUT2D eigenvalue weighted by Gasteiger charge is 2.25. The number of carbonyl (C=O) groups is 2. The van der Waals surface area contributed by atoms with Crippen LogP contribution in [0.25, 0.3) is 0 Å². The summed E-state index contributed by atoms with van der Waals surface area (Å²) in [5.41, 5.74) is -0.246. The Morgan fingerprint density at radius 3 is 2.60 bits per heavy atom. The van der Waals surface area contributed by atoms with Crippen molar-refractivity contribution in [2.75, 3.05) is 7.11 Å². The van der Waals surface area contributed by atoms with Gasteiger partial charge in [-0.05, 0) is 0 Å². The maximum absolute atomic E-state index is 10.9. The summed E-state index contributed by atoms with van der Waals surface area (Å²) in [6, 6.07) is 1.44. The van der Waals surface area contributed by atoms with E-state index in [4.69, 9.17) is 14.6 Å². The van der Waals surface area contributed by atoms with Gasteiger partial charge in [-0.3, -0.25) is 4.79 Å². The molecular formula is C9H10NO5+. The zero-order valence-corrected chi connectivity index (χ0v) is 8.23.